The molecular weight excluding hydrogens is 1770 g/mol. The number of aliphatic hydroxyl groups is 15. The van der Waals surface area contributed by atoms with Crippen LogP contribution in [0.15, 0.2) is 304 Å². The van der Waals surface area contributed by atoms with E-state index in [9.17, 15) is 114 Å². The third kappa shape index (κ3) is 90.6. The van der Waals surface area contributed by atoms with Crippen molar-refractivity contribution >= 4 is 43.3 Å². The number of rotatable bonds is 66. The lowest BCUT2D eigenvalue weighted by atomic mass is 9.98. The highest BCUT2D eigenvalue weighted by Gasteiger charge is 2.27. The molecule has 136 heavy (non-hydrogen) atoms. The molecule has 0 saturated carbocycles. The predicted octanol–water partition coefficient (Wildman–Crippen LogP) is 17.3. The van der Waals surface area contributed by atoms with Crippen LogP contribution < -0.4 is 0 Å². The van der Waals surface area contributed by atoms with E-state index in [1.165, 1.54) is 18.2 Å². The number of benzene rings is 2. The number of carbonyl (C=O) groups is 5. The van der Waals surface area contributed by atoms with Gasteiger partial charge < -0.3 is 102 Å². The zero-order chi connectivity index (χ0) is 102. The van der Waals surface area contributed by atoms with E-state index in [0.717, 1.165) is 49.7 Å². The summed E-state index contributed by atoms with van der Waals surface area (Å²) in [4.78, 5) is 52.1. The molecule has 20 N–H and O–H groups in total. The van der Waals surface area contributed by atoms with Crippen molar-refractivity contribution in [1.29, 1.82) is 0 Å². The van der Waals surface area contributed by atoms with Crippen LogP contribution in [0.5, 0.6) is 0 Å². The lowest BCUT2D eigenvalue weighted by Gasteiger charge is -2.17. The fourth-order valence-corrected chi connectivity index (χ4v) is 11.5. The van der Waals surface area contributed by atoms with Gasteiger partial charge in [0.05, 0.1) is 90.1 Å². The van der Waals surface area contributed by atoms with Gasteiger partial charge >= 0.3 is 36.0 Å². The summed E-state index contributed by atoms with van der Waals surface area (Å²) in [6, 6.07) is 19.2. The van der Waals surface area contributed by atoms with Gasteiger partial charge in [0.25, 0.3) is 0 Å². The Labute approximate surface area is 810 Å². The highest BCUT2D eigenvalue weighted by Crippen LogP contribution is 2.25. The summed E-state index contributed by atoms with van der Waals surface area (Å²) < 4.78 is 36.1. The first-order valence-electron chi connectivity index (χ1n) is 46.0. The van der Waals surface area contributed by atoms with Gasteiger partial charge in [0.2, 0.25) is 0 Å². The standard InChI is InChI=1S/C23H30O5.C21H31F3O5.C21H26O5.2C21H34O5.H2S/c24-20(14-10-16-23(27)28)13-8-3-1-2-4-9-15-21(25)22(26)18-17-19-11-6-5-7-12-19;1-20(29,15-10-13-19(27)28)14-8-5-3-2-4-6-11-17(25)18(26)12-7-9-16-21(22,23)24;22-18(17-11-6-5-7-12-17)13-8-3-1-2-4-9-14-19(23)20(24)15-10-16-21(25)26;2*1-3-4-9-13-18(22)19(23)14-10-7-5-6-8-11-16-21(2,26)17-12-15-20(24)25;/h1-9,11-13,15,20-22,24-26H,10,14,16-18H2,(H,27,28);2-6,8,11,14,17-18,25-26,29H,7,9-10,12-13,15-16H2,1H3,(H,27,28);1-9,11-14,18-20,22-24H,10,15-16H2,(H,25,26);2*5-8,10-11,14,16,18-19,22-23,26H,3-4,9,12-13,15,17H2,1-2H3,(H,24,25);1H2/b3-1-,4-2+,13-8+,15-9+;4-2+,5-3-,11-6+,14-8+;3-1-,4-2+,13-8+,14-9+;2*7-5+,8-6-,14-10+,16-11+;/t20-,21+,22-;17-,18-,20-;18-,19+,20-;18-,19+,21?;18-,19+,21-;/m11011./s1. The second-order valence-corrected chi connectivity index (χ2v) is 32.6. The zero-order valence-corrected chi connectivity index (χ0v) is 80.4. The summed E-state index contributed by atoms with van der Waals surface area (Å²) in [7, 11) is 0. The summed E-state index contributed by atoms with van der Waals surface area (Å²) in [6.07, 6.45) is 63.9. The van der Waals surface area contributed by atoms with Crippen LogP contribution in [0.3, 0.4) is 0 Å². The lowest BCUT2D eigenvalue weighted by molar-refractivity contribution is -0.138. The first-order valence-corrected chi connectivity index (χ1v) is 46.0. The molecule has 1 unspecified atom stereocenters. The SMILES string of the molecule is CCCCC[C@@H](O)[C@@H](O)/C=C/C=C/C=C\C=C\C(C)(O)CCCC(=O)O.CCCCC[C@@H](O)[C@@H](O)/C=C/C=C/C=C\C=C\[C@@](C)(O)CCCC(=O)O.C[C@@](O)(/C=C/C=C\C=C\C=C\[C@@H](O)[C@H](O)CCCCC(F)(F)F)CCCC(=O)O.O=C(O)CCC[C@H](O)/C=C/C=C\C=C\C=C\[C@H](O)[C@H](O)CCc1ccccc1.O=C(O)CCC[C@H](O)[C@H](O)/C=C/C=C/C=C\C=C\[C@H](O)c1ccccc1.S. The molecule has 29 heteroatoms. The Morgan fingerprint density at radius 2 is 0.529 bits per heavy atom. The normalized spacial score (nSPS) is 16.7. The van der Waals surface area contributed by atoms with Crippen LogP contribution in [0, 0.1) is 0 Å². The summed E-state index contributed by atoms with van der Waals surface area (Å²) in [6.45, 7) is 9.07. The maximum Gasteiger partial charge on any atom is 0.389 e. The van der Waals surface area contributed by atoms with Gasteiger partial charge in [-0.15, -0.1) is 0 Å². The molecule has 2 rings (SSSR count). The highest BCUT2D eigenvalue weighted by atomic mass is 32.1. The number of carboxylic acid groups (broad SMARTS) is 5. The van der Waals surface area contributed by atoms with E-state index in [1.54, 1.807) is 246 Å². The third-order valence-electron chi connectivity index (χ3n) is 19.4. The van der Waals surface area contributed by atoms with Crippen molar-refractivity contribution in [3.8, 4) is 0 Å². The minimum absolute atomic E-state index is 0. The van der Waals surface area contributed by atoms with Gasteiger partial charge in [-0.05, 0) is 135 Å². The Morgan fingerprint density at radius 1 is 0.287 bits per heavy atom. The number of hydrogen-bond acceptors (Lipinski definition) is 20. The molecule has 762 valence electrons. The van der Waals surface area contributed by atoms with Crippen LogP contribution in [-0.2, 0) is 30.4 Å². The number of aliphatic hydroxyl groups excluding tert-OH is 12. The summed E-state index contributed by atoms with van der Waals surface area (Å²) in [5.74, 6) is -4.39. The number of unbranched alkanes of at least 4 members (excludes halogenated alkanes) is 5. The molecule has 0 aromatic heterocycles. The average molecular weight is 1930 g/mol. The molecule has 0 aliphatic carbocycles. The molecule has 0 aliphatic heterocycles. The first-order chi connectivity index (χ1) is 64.0. The van der Waals surface area contributed by atoms with Crippen molar-refractivity contribution in [1.82, 2.24) is 0 Å². The smallest absolute Gasteiger partial charge is 0.389 e. The largest absolute Gasteiger partial charge is 0.481 e. The van der Waals surface area contributed by atoms with Gasteiger partial charge in [0.1, 0.15) is 0 Å². The molecule has 0 spiro atoms. The molecule has 25 nitrogen and oxygen atoms in total. The molecule has 0 saturated heterocycles. The van der Waals surface area contributed by atoms with Gasteiger partial charge in [-0.25, -0.2) is 0 Å². The minimum Gasteiger partial charge on any atom is -0.481 e. The van der Waals surface area contributed by atoms with Crippen LogP contribution in [0.1, 0.15) is 232 Å². The molecular formula is C107H157F3O25S. The van der Waals surface area contributed by atoms with E-state index >= 15 is 0 Å². The third-order valence-corrected chi connectivity index (χ3v) is 19.4. The summed E-state index contributed by atoms with van der Waals surface area (Å²) in [5.41, 5.74) is -1.19. The second-order valence-electron chi connectivity index (χ2n) is 32.6. The van der Waals surface area contributed by atoms with E-state index in [1.807, 2.05) is 60.7 Å². The zero-order valence-electron chi connectivity index (χ0n) is 79.4. The number of aliphatic carboxylic acids is 5. The van der Waals surface area contributed by atoms with Crippen molar-refractivity contribution in [2.45, 2.75) is 317 Å². The van der Waals surface area contributed by atoms with Crippen molar-refractivity contribution in [3.05, 3.63) is 315 Å². The van der Waals surface area contributed by atoms with E-state index in [-0.39, 0.29) is 71.3 Å². The topological polar surface area (TPSA) is 490 Å². The maximum atomic E-state index is 12.0. The van der Waals surface area contributed by atoms with E-state index in [2.05, 4.69) is 13.8 Å². The second kappa shape index (κ2) is 85.5. The monoisotopic (exact) mass is 1930 g/mol. The molecule has 0 radical (unpaired) electrons. The Morgan fingerprint density at radius 3 is 0.824 bits per heavy atom. The lowest BCUT2D eigenvalue weighted by Crippen LogP contribution is -2.24. The van der Waals surface area contributed by atoms with Crippen molar-refractivity contribution in [2.75, 3.05) is 0 Å². The maximum absolute atomic E-state index is 12.0. The van der Waals surface area contributed by atoms with E-state index in [0.29, 0.717) is 83.5 Å². The number of alkyl halides is 3. The van der Waals surface area contributed by atoms with Crippen LogP contribution in [-0.4, -0.2) is 222 Å². The Hall–Kier alpha value is -9.87. The van der Waals surface area contributed by atoms with Gasteiger partial charge in [-0.3, -0.25) is 24.0 Å². The molecule has 0 bridgehead atoms. The Kier molecular flexibility index (Phi) is 83.3. The van der Waals surface area contributed by atoms with Crippen LogP contribution >= 0.6 is 13.5 Å². The van der Waals surface area contributed by atoms with Crippen LogP contribution in [0.4, 0.5) is 13.2 Å². The van der Waals surface area contributed by atoms with Crippen LogP contribution in [0.2, 0.25) is 0 Å². The Bertz CT molecular complexity index is 3960. The van der Waals surface area contributed by atoms with E-state index < -0.39 is 132 Å². The molecule has 0 fully saturated rings. The summed E-state index contributed by atoms with van der Waals surface area (Å²) in [5, 5.41) is 190. The van der Waals surface area contributed by atoms with Gasteiger partial charge in [-0.1, -0.05) is 362 Å². The molecule has 2 aromatic carbocycles. The summed E-state index contributed by atoms with van der Waals surface area (Å²) >= 11 is 0. The fraction of sp³-hybridized carbons (Fsp3) is 0.467. The molecule has 2 aromatic rings. The predicted molar refractivity (Wildman–Crippen MR) is 538 cm³/mol. The van der Waals surface area contributed by atoms with Gasteiger partial charge in [0.15, 0.2) is 0 Å². The van der Waals surface area contributed by atoms with Gasteiger partial charge in [-0.2, -0.15) is 26.7 Å². The fourth-order valence-electron chi connectivity index (χ4n) is 11.5. The van der Waals surface area contributed by atoms with Crippen LogP contribution in [0.25, 0.3) is 0 Å². The minimum atomic E-state index is -4.20. The number of hydrogen-bond donors (Lipinski definition) is 20. The number of carboxylic acids is 5. The van der Waals surface area contributed by atoms with Gasteiger partial charge in [0, 0.05) is 38.5 Å². The quantitative estimate of drug-likeness (QED) is 0.0216. The molecule has 0 amide bonds. The molecule has 0 aliphatic rings. The number of aryl methyl sites for hydroxylation is 1. The van der Waals surface area contributed by atoms with Crippen molar-refractivity contribution in [3.63, 3.8) is 0 Å². The van der Waals surface area contributed by atoms with E-state index in [4.69, 9.17) is 25.5 Å². The van der Waals surface area contributed by atoms with Crippen molar-refractivity contribution in [2.24, 2.45) is 0 Å². The number of halogens is 3. The Balaban J connectivity index is -0.000000800. The first kappa shape index (κ1) is 132. The highest BCUT2D eigenvalue weighted by molar-refractivity contribution is 7.59. The number of allylic oxidation sites excluding steroid dienone is 30. The van der Waals surface area contributed by atoms with Crippen molar-refractivity contribution < 1.29 is 139 Å². The molecule has 0 heterocycles. The molecule has 15 atom stereocenters. The average Bonchev–Trinajstić information content (AvgIpc) is 0.924.